The van der Waals surface area contributed by atoms with Gasteiger partial charge in [-0.1, -0.05) is 67.6 Å². The highest BCUT2D eigenvalue weighted by molar-refractivity contribution is 5.85. The van der Waals surface area contributed by atoms with Crippen molar-refractivity contribution in [2.24, 2.45) is 0 Å². The molecule has 1 aliphatic heterocycles. The molecule has 3 aromatic rings. The van der Waals surface area contributed by atoms with Crippen LogP contribution in [0.2, 0.25) is 0 Å². The van der Waals surface area contributed by atoms with Crippen LogP contribution < -0.4 is 9.47 Å². The zero-order chi connectivity index (χ0) is 23.4. The summed E-state index contributed by atoms with van der Waals surface area (Å²) in [5.41, 5.74) is 2.32. The van der Waals surface area contributed by atoms with Crippen LogP contribution in [0.1, 0.15) is 49.7 Å². The topological polar surface area (TPSA) is 51.2 Å². The number of ether oxygens (including phenoxy) is 3. The van der Waals surface area contributed by atoms with Crippen molar-refractivity contribution < 1.29 is 19.3 Å². The van der Waals surface area contributed by atoms with E-state index in [4.69, 9.17) is 14.2 Å². The third kappa shape index (κ3) is 5.39. The maximum Gasteiger partial charge on any atom is 0.137 e. The standard InChI is InChI=1S/C28H33NO4.ClH/c1-5-29(25-23-16-9-10-17-24(23)33-28(2,3)26(25)30)27(31-4)21-14-11-15-22(18-21)32-19-20-12-7-6-8-13-20;/h6-18,25-27,30H,5,19H2,1-4H3;1H. The van der Waals surface area contributed by atoms with Crippen LogP contribution in [0.3, 0.4) is 0 Å². The van der Waals surface area contributed by atoms with Crippen molar-refractivity contribution in [1.29, 1.82) is 0 Å². The Balaban J connectivity index is 0.00000324. The van der Waals surface area contributed by atoms with Gasteiger partial charge in [0.2, 0.25) is 0 Å². The summed E-state index contributed by atoms with van der Waals surface area (Å²) in [6.07, 6.45) is -1.10. The van der Waals surface area contributed by atoms with Crippen LogP contribution in [-0.2, 0) is 11.3 Å². The number of fused-ring (bicyclic) bond motifs is 1. The quantitative estimate of drug-likeness (QED) is 0.402. The number of methoxy groups -OCH3 is 1. The Hall–Kier alpha value is -2.57. The zero-order valence-corrected chi connectivity index (χ0v) is 21.0. The summed E-state index contributed by atoms with van der Waals surface area (Å²) in [5.74, 6) is 1.58. The van der Waals surface area contributed by atoms with Gasteiger partial charge in [0, 0.05) is 12.7 Å². The van der Waals surface area contributed by atoms with E-state index in [0.717, 1.165) is 28.2 Å². The molecule has 1 N–H and O–H groups in total. The van der Waals surface area contributed by atoms with Crippen LogP contribution in [0.5, 0.6) is 11.5 Å². The number of aliphatic hydroxyl groups excluding tert-OH is 1. The number of para-hydroxylation sites is 1. The summed E-state index contributed by atoms with van der Waals surface area (Å²) in [4.78, 5) is 2.18. The average Bonchev–Trinajstić information content (AvgIpc) is 2.83. The molecule has 0 spiro atoms. The Morgan fingerprint density at radius 1 is 1.00 bits per heavy atom. The number of nitrogens with zero attached hydrogens (tertiary/aromatic N) is 1. The lowest BCUT2D eigenvalue weighted by Crippen LogP contribution is -2.54. The van der Waals surface area contributed by atoms with E-state index >= 15 is 0 Å². The highest BCUT2D eigenvalue weighted by Gasteiger charge is 2.46. The summed E-state index contributed by atoms with van der Waals surface area (Å²) in [6, 6.07) is 25.7. The number of rotatable bonds is 8. The number of benzene rings is 3. The lowest BCUT2D eigenvalue weighted by atomic mass is 9.85. The summed E-state index contributed by atoms with van der Waals surface area (Å²) in [6.45, 7) is 7.11. The van der Waals surface area contributed by atoms with Crippen molar-refractivity contribution in [3.8, 4) is 11.5 Å². The first kappa shape index (κ1) is 26.0. The van der Waals surface area contributed by atoms with Crippen molar-refractivity contribution in [3.05, 3.63) is 95.6 Å². The van der Waals surface area contributed by atoms with E-state index in [-0.39, 0.29) is 24.7 Å². The lowest BCUT2D eigenvalue weighted by molar-refractivity contribution is -0.138. The van der Waals surface area contributed by atoms with E-state index in [1.54, 1.807) is 7.11 Å². The number of halogens is 1. The molecule has 5 nitrogen and oxygen atoms in total. The van der Waals surface area contributed by atoms with E-state index in [1.165, 1.54) is 0 Å². The third-order valence-corrected chi connectivity index (χ3v) is 6.26. The number of hydrogen-bond acceptors (Lipinski definition) is 5. The molecule has 0 fully saturated rings. The Bertz CT molecular complexity index is 1060. The van der Waals surface area contributed by atoms with E-state index in [0.29, 0.717) is 13.2 Å². The molecule has 1 aliphatic rings. The molecule has 4 rings (SSSR count). The molecule has 3 aromatic carbocycles. The smallest absolute Gasteiger partial charge is 0.137 e. The molecule has 0 amide bonds. The molecule has 0 aromatic heterocycles. The first-order chi connectivity index (χ1) is 15.9. The molecule has 0 bridgehead atoms. The largest absolute Gasteiger partial charge is 0.489 e. The van der Waals surface area contributed by atoms with Crippen LogP contribution >= 0.6 is 12.4 Å². The molecular formula is C28H34ClNO4. The molecule has 6 heteroatoms. The van der Waals surface area contributed by atoms with Crippen molar-refractivity contribution in [2.45, 2.75) is 51.4 Å². The second kappa shape index (κ2) is 11.2. The molecular weight excluding hydrogens is 450 g/mol. The number of hydrogen-bond donors (Lipinski definition) is 1. The predicted octanol–water partition coefficient (Wildman–Crippen LogP) is 5.93. The fourth-order valence-corrected chi connectivity index (χ4v) is 4.54. The normalized spacial score (nSPS) is 19.5. The molecule has 182 valence electrons. The van der Waals surface area contributed by atoms with Crippen molar-refractivity contribution in [1.82, 2.24) is 4.90 Å². The van der Waals surface area contributed by atoms with E-state index in [2.05, 4.69) is 11.8 Å². The average molecular weight is 484 g/mol. The number of likely N-dealkylation sites (N-methyl/N-ethyl adjacent to an activating group) is 1. The first-order valence-electron chi connectivity index (χ1n) is 11.5. The second-order valence-corrected chi connectivity index (χ2v) is 8.90. The second-order valence-electron chi connectivity index (χ2n) is 8.90. The highest BCUT2D eigenvalue weighted by Crippen LogP contribution is 2.45. The molecule has 0 aliphatic carbocycles. The van der Waals surface area contributed by atoms with Crippen molar-refractivity contribution in [3.63, 3.8) is 0 Å². The van der Waals surface area contributed by atoms with Crippen LogP contribution in [0, 0.1) is 0 Å². The fraction of sp³-hybridized carbons (Fsp3) is 0.357. The van der Waals surface area contributed by atoms with Gasteiger partial charge >= 0.3 is 0 Å². The summed E-state index contributed by atoms with van der Waals surface area (Å²) in [7, 11) is 1.70. The Labute approximate surface area is 208 Å². The van der Waals surface area contributed by atoms with Gasteiger partial charge in [-0.2, -0.15) is 0 Å². The van der Waals surface area contributed by atoms with E-state index in [1.807, 2.05) is 92.7 Å². The van der Waals surface area contributed by atoms with Crippen molar-refractivity contribution in [2.75, 3.05) is 13.7 Å². The fourth-order valence-electron chi connectivity index (χ4n) is 4.54. The van der Waals surface area contributed by atoms with Gasteiger partial charge in [-0.05, 0) is 49.7 Å². The predicted molar refractivity (Wildman–Crippen MR) is 136 cm³/mol. The lowest BCUT2D eigenvalue weighted by Gasteiger charge is -2.48. The van der Waals surface area contributed by atoms with Crippen LogP contribution in [-0.4, -0.2) is 35.4 Å². The molecule has 0 saturated carbocycles. The van der Waals surface area contributed by atoms with Gasteiger partial charge in [-0.15, -0.1) is 12.4 Å². The van der Waals surface area contributed by atoms with Gasteiger partial charge in [0.05, 0.1) is 6.04 Å². The minimum Gasteiger partial charge on any atom is -0.489 e. The molecule has 3 unspecified atom stereocenters. The molecule has 1 heterocycles. The van der Waals surface area contributed by atoms with Gasteiger partial charge in [-0.3, -0.25) is 4.90 Å². The molecule has 3 atom stereocenters. The minimum atomic E-state index is -0.734. The summed E-state index contributed by atoms with van der Waals surface area (Å²) < 4.78 is 18.2. The summed E-state index contributed by atoms with van der Waals surface area (Å²) in [5, 5.41) is 11.4. The maximum atomic E-state index is 11.4. The summed E-state index contributed by atoms with van der Waals surface area (Å²) >= 11 is 0. The van der Waals surface area contributed by atoms with Gasteiger partial charge in [-0.25, -0.2) is 0 Å². The molecule has 0 saturated heterocycles. The Kier molecular flexibility index (Phi) is 8.61. The van der Waals surface area contributed by atoms with Crippen LogP contribution in [0.4, 0.5) is 0 Å². The first-order valence-corrected chi connectivity index (χ1v) is 11.5. The van der Waals surface area contributed by atoms with Crippen molar-refractivity contribution >= 4 is 12.4 Å². The number of aliphatic hydroxyl groups is 1. The zero-order valence-electron chi connectivity index (χ0n) is 20.2. The monoisotopic (exact) mass is 483 g/mol. The van der Waals surface area contributed by atoms with E-state index in [9.17, 15) is 5.11 Å². The molecule has 0 radical (unpaired) electrons. The molecule has 34 heavy (non-hydrogen) atoms. The van der Waals surface area contributed by atoms with Gasteiger partial charge in [0.15, 0.2) is 0 Å². The SMILES string of the molecule is CCN(C(OC)c1cccc(OCc2ccccc2)c1)C1c2ccccc2OC(C)(C)C1O.Cl. The van der Waals surface area contributed by atoms with Crippen LogP contribution in [0.15, 0.2) is 78.9 Å². The highest BCUT2D eigenvalue weighted by atomic mass is 35.5. The maximum absolute atomic E-state index is 11.4. The van der Waals surface area contributed by atoms with E-state index < -0.39 is 11.7 Å². The third-order valence-electron chi connectivity index (χ3n) is 6.26. The minimum absolute atomic E-state index is 0. The Morgan fingerprint density at radius 3 is 2.41 bits per heavy atom. The van der Waals surface area contributed by atoms with Gasteiger partial charge in [0.1, 0.15) is 36.0 Å². The van der Waals surface area contributed by atoms with Gasteiger partial charge < -0.3 is 19.3 Å². The van der Waals surface area contributed by atoms with Crippen LogP contribution in [0.25, 0.3) is 0 Å². The Morgan fingerprint density at radius 2 is 1.71 bits per heavy atom. The van der Waals surface area contributed by atoms with Gasteiger partial charge in [0.25, 0.3) is 0 Å².